The molecule has 50 heavy (non-hydrogen) atoms. The van der Waals surface area contributed by atoms with E-state index in [0.29, 0.717) is 29.3 Å². The number of urea groups is 1. The van der Waals surface area contributed by atoms with Crippen LogP contribution >= 0.6 is 11.6 Å². The van der Waals surface area contributed by atoms with Gasteiger partial charge in [0.15, 0.2) is 0 Å². The normalized spacial score (nSPS) is 19.3. The standard InChI is InChI=1S/C27H34ClFN4O.2C4H4O4/c1-19(2)33-16-15-32(27(33)34)14-11-30-9-12-31(13-10-30)26-18-24(21-5-3-4-6-25(21)29)23-17-20(28)7-8-22(23)26;2*5-3(6)1-2-4(7)8/h3-8,17,19,24,26H,9-16,18H2,1-2H3;2*1-2H,(H,5,6)(H,7,8)/b;2*2-1-/t24-,26+;;/m1../s1. The quantitative estimate of drug-likeness (QED) is 0.259. The van der Waals surface area contributed by atoms with E-state index < -0.39 is 23.9 Å². The number of carbonyl (C=O) groups excluding carboxylic acids is 1. The van der Waals surface area contributed by atoms with Gasteiger partial charge < -0.3 is 30.2 Å². The highest BCUT2D eigenvalue weighted by atomic mass is 35.5. The van der Waals surface area contributed by atoms with Crippen LogP contribution in [-0.4, -0.2) is 128 Å². The topological polar surface area (TPSA) is 179 Å². The van der Waals surface area contributed by atoms with Crippen molar-refractivity contribution in [3.63, 3.8) is 0 Å². The number of carbonyl (C=O) groups is 5. The van der Waals surface area contributed by atoms with E-state index in [1.165, 1.54) is 5.56 Å². The predicted molar refractivity (Wildman–Crippen MR) is 183 cm³/mol. The first-order valence-corrected chi connectivity index (χ1v) is 16.4. The molecule has 0 aromatic heterocycles. The lowest BCUT2D eigenvalue weighted by Gasteiger charge is -2.39. The van der Waals surface area contributed by atoms with Gasteiger partial charge >= 0.3 is 29.9 Å². The molecule has 2 aromatic carbocycles. The Bertz CT molecular complexity index is 1530. The number of amides is 2. The third kappa shape index (κ3) is 11.7. The molecular weight excluding hydrogens is 675 g/mol. The van der Waals surface area contributed by atoms with E-state index in [1.807, 2.05) is 34.1 Å². The summed E-state index contributed by atoms with van der Waals surface area (Å²) >= 11 is 6.35. The SMILES string of the molecule is CC(C)N1CCN(CCN2CCN([C@H]3C[C@H](c4ccccc4F)c4cc(Cl)ccc43)CC2)C1=O.O=C(O)/C=C\C(=O)O.O=C(O)/C=C\C(=O)O. The van der Waals surface area contributed by atoms with Crippen LogP contribution in [0.15, 0.2) is 66.8 Å². The molecule has 2 aromatic rings. The van der Waals surface area contributed by atoms with Gasteiger partial charge in [-0.15, -0.1) is 0 Å². The van der Waals surface area contributed by atoms with Crippen LogP contribution in [0.2, 0.25) is 5.02 Å². The first-order valence-electron chi connectivity index (χ1n) is 16.0. The molecule has 0 unspecified atom stereocenters. The monoisotopic (exact) mass is 716 g/mol. The second-order valence-corrected chi connectivity index (χ2v) is 12.5. The van der Waals surface area contributed by atoms with Gasteiger partial charge in [0.05, 0.1) is 0 Å². The number of carboxylic acids is 4. The molecule has 4 N–H and O–H groups in total. The van der Waals surface area contributed by atoms with Gasteiger partial charge in [0.2, 0.25) is 0 Å². The van der Waals surface area contributed by atoms with Crippen LogP contribution in [0.5, 0.6) is 0 Å². The molecule has 2 atom stereocenters. The molecule has 0 spiro atoms. The van der Waals surface area contributed by atoms with Gasteiger partial charge in [-0.25, -0.2) is 28.4 Å². The first-order chi connectivity index (χ1) is 23.7. The minimum Gasteiger partial charge on any atom is -0.478 e. The summed E-state index contributed by atoms with van der Waals surface area (Å²) in [6.07, 6.45) is 3.11. The molecule has 270 valence electrons. The maximum Gasteiger partial charge on any atom is 0.328 e. The third-order valence-electron chi connectivity index (χ3n) is 8.54. The van der Waals surface area contributed by atoms with Crippen LogP contribution in [0.1, 0.15) is 48.9 Å². The van der Waals surface area contributed by atoms with E-state index in [4.69, 9.17) is 32.0 Å². The number of halogens is 2. The number of hydrogen-bond acceptors (Lipinski definition) is 7. The Labute approximate surface area is 294 Å². The maximum atomic E-state index is 14.7. The second kappa shape index (κ2) is 18.8. The average Bonchev–Trinajstić information content (AvgIpc) is 3.62. The van der Waals surface area contributed by atoms with Crippen molar-refractivity contribution in [2.75, 3.05) is 52.4 Å². The molecule has 2 heterocycles. The van der Waals surface area contributed by atoms with Gasteiger partial charge in [-0.1, -0.05) is 35.9 Å². The zero-order chi connectivity index (χ0) is 37.0. The van der Waals surface area contributed by atoms with Gasteiger partial charge in [0.1, 0.15) is 5.82 Å². The van der Waals surface area contributed by atoms with Crippen LogP contribution in [-0.2, 0) is 19.2 Å². The lowest BCUT2D eigenvalue weighted by atomic mass is 9.92. The lowest BCUT2D eigenvalue weighted by Crippen LogP contribution is -2.49. The largest absolute Gasteiger partial charge is 0.478 e. The van der Waals surface area contributed by atoms with Crippen molar-refractivity contribution < 1.29 is 48.8 Å². The van der Waals surface area contributed by atoms with Gasteiger partial charge in [0, 0.05) is 99.7 Å². The summed E-state index contributed by atoms with van der Waals surface area (Å²) in [5.74, 6) is -5.14. The summed E-state index contributed by atoms with van der Waals surface area (Å²) in [6.45, 7) is 11.4. The number of aliphatic carboxylic acids is 4. The molecule has 0 bridgehead atoms. The summed E-state index contributed by atoms with van der Waals surface area (Å²) in [5.41, 5.74) is 3.20. The highest BCUT2D eigenvalue weighted by molar-refractivity contribution is 6.30. The first kappa shape index (κ1) is 39.6. The van der Waals surface area contributed by atoms with Gasteiger partial charge in [-0.3, -0.25) is 9.80 Å². The van der Waals surface area contributed by atoms with Crippen LogP contribution in [0.4, 0.5) is 9.18 Å². The number of carboxylic acid groups (broad SMARTS) is 4. The van der Waals surface area contributed by atoms with Crippen LogP contribution < -0.4 is 0 Å². The molecule has 2 fully saturated rings. The molecule has 2 amide bonds. The summed E-state index contributed by atoms with van der Waals surface area (Å²) in [6, 6.07) is 14.0. The smallest absolute Gasteiger partial charge is 0.328 e. The van der Waals surface area contributed by atoms with Crippen molar-refractivity contribution in [1.82, 2.24) is 19.6 Å². The number of fused-ring (bicyclic) bond motifs is 1. The van der Waals surface area contributed by atoms with Crippen molar-refractivity contribution in [2.45, 2.75) is 38.3 Å². The zero-order valence-corrected chi connectivity index (χ0v) is 28.6. The Hall–Kier alpha value is -4.79. The number of rotatable bonds is 10. The van der Waals surface area contributed by atoms with Gasteiger partial charge in [0.25, 0.3) is 0 Å². The predicted octanol–water partition coefficient (Wildman–Crippen LogP) is 4.24. The molecule has 13 nitrogen and oxygen atoms in total. The molecular formula is C35H42ClFN4O9. The van der Waals surface area contributed by atoms with E-state index in [0.717, 1.165) is 69.9 Å². The van der Waals surface area contributed by atoms with Crippen LogP contribution in [0.3, 0.4) is 0 Å². The molecule has 0 radical (unpaired) electrons. The number of piperazine rings is 1. The number of benzene rings is 2. The Morgan fingerprint density at radius 3 is 1.84 bits per heavy atom. The van der Waals surface area contributed by atoms with Crippen molar-refractivity contribution in [3.05, 3.63) is 94.3 Å². The van der Waals surface area contributed by atoms with E-state index >= 15 is 0 Å². The minimum atomic E-state index is -1.26. The minimum absolute atomic E-state index is 0.0306. The van der Waals surface area contributed by atoms with Crippen LogP contribution in [0.25, 0.3) is 0 Å². The molecule has 2 saturated heterocycles. The lowest BCUT2D eigenvalue weighted by molar-refractivity contribution is -0.134. The maximum absolute atomic E-state index is 14.7. The number of nitrogens with zero attached hydrogens (tertiary/aromatic N) is 4. The fourth-order valence-corrected chi connectivity index (χ4v) is 6.34. The zero-order valence-electron chi connectivity index (χ0n) is 27.8. The average molecular weight is 717 g/mol. The van der Waals surface area contributed by atoms with E-state index in [1.54, 1.807) is 12.1 Å². The third-order valence-corrected chi connectivity index (χ3v) is 8.78. The Balaban J connectivity index is 0.000000352. The Morgan fingerprint density at radius 2 is 1.34 bits per heavy atom. The molecule has 3 aliphatic rings. The summed E-state index contributed by atoms with van der Waals surface area (Å²) in [7, 11) is 0. The Kier molecular flexibility index (Phi) is 14.9. The van der Waals surface area contributed by atoms with E-state index in [2.05, 4.69) is 29.7 Å². The van der Waals surface area contributed by atoms with E-state index in [9.17, 15) is 28.4 Å². The Morgan fingerprint density at radius 1 is 0.780 bits per heavy atom. The fraction of sp³-hybridized carbons (Fsp3) is 0.400. The highest BCUT2D eigenvalue weighted by Gasteiger charge is 2.38. The van der Waals surface area contributed by atoms with E-state index in [-0.39, 0.29) is 29.8 Å². The van der Waals surface area contributed by atoms with Gasteiger partial charge in [-0.05, 0) is 55.2 Å². The summed E-state index contributed by atoms with van der Waals surface area (Å²) < 4.78 is 14.7. The van der Waals surface area contributed by atoms with Crippen LogP contribution in [0, 0.1) is 5.82 Å². The van der Waals surface area contributed by atoms with Crippen molar-refractivity contribution >= 4 is 41.5 Å². The summed E-state index contributed by atoms with van der Waals surface area (Å²) in [5, 5.41) is 32.0. The van der Waals surface area contributed by atoms with Crippen molar-refractivity contribution in [3.8, 4) is 0 Å². The second-order valence-electron chi connectivity index (χ2n) is 12.1. The fourth-order valence-electron chi connectivity index (χ4n) is 6.16. The number of hydrogen-bond donors (Lipinski definition) is 4. The van der Waals surface area contributed by atoms with Crippen molar-refractivity contribution in [1.29, 1.82) is 0 Å². The molecule has 5 rings (SSSR count). The molecule has 0 saturated carbocycles. The highest BCUT2D eigenvalue weighted by Crippen LogP contribution is 2.48. The van der Waals surface area contributed by atoms with Gasteiger partial charge in [-0.2, -0.15) is 0 Å². The summed E-state index contributed by atoms with van der Waals surface area (Å²) in [4.78, 5) is 59.7. The van der Waals surface area contributed by atoms with Crippen molar-refractivity contribution in [2.24, 2.45) is 0 Å². The molecule has 15 heteroatoms. The molecule has 2 aliphatic heterocycles. The molecule has 1 aliphatic carbocycles.